The Balaban J connectivity index is 1.76. The highest BCUT2D eigenvalue weighted by Gasteiger charge is 2.38. The third-order valence-electron chi connectivity index (χ3n) is 3.41. The van der Waals surface area contributed by atoms with E-state index in [1.807, 2.05) is 12.1 Å². The highest BCUT2D eigenvalue weighted by atomic mass is 32.2. The van der Waals surface area contributed by atoms with Gasteiger partial charge in [0.2, 0.25) is 0 Å². The van der Waals surface area contributed by atoms with Gasteiger partial charge in [0.05, 0.1) is 12.3 Å². The second kappa shape index (κ2) is 6.62. The lowest BCUT2D eigenvalue weighted by Gasteiger charge is -2.34. The van der Waals surface area contributed by atoms with E-state index in [-0.39, 0.29) is 0 Å². The summed E-state index contributed by atoms with van der Waals surface area (Å²) in [6.45, 7) is 0. The van der Waals surface area contributed by atoms with Crippen molar-refractivity contribution in [2.45, 2.75) is 23.7 Å². The van der Waals surface area contributed by atoms with Gasteiger partial charge in [-0.15, -0.1) is 11.8 Å². The van der Waals surface area contributed by atoms with E-state index < -0.39 is 23.7 Å². The Morgan fingerprint density at radius 1 is 1.05 bits per heavy atom. The van der Waals surface area contributed by atoms with Crippen molar-refractivity contribution < 1.29 is 20.1 Å². The summed E-state index contributed by atoms with van der Waals surface area (Å²) in [6, 6.07) is 5.55. The molecule has 0 aromatic carbocycles. The number of aliphatic hydroxyl groups excluding tert-OH is 3. The fourth-order valence-corrected chi connectivity index (χ4v) is 3.31. The molecule has 0 aliphatic carbocycles. The van der Waals surface area contributed by atoms with Crippen LogP contribution in [0.4, 0.5) is 0 Å². The monoisotopic (exact) mass is 320 g/mol. The summed E-state index contributed by atoms with van der Waals surface area (Å²) in [4.78, 5) is 8.19. The van der Waals surface area contributed by atoms with Crippen molar-refractivity contribution in [1.29, 1.82) is 0 Å². The Morgan fingerprint density at radius 2 is 1.86 bits per heavy atom. The second-order valence-corrected chi connectivity index (χ2v) is 6.15. The zero-order valence-corrected chi connectivity index (χ0v) is 12.4. The fourth-order valence-electron chi connectivity index (χ4n) is 2.19. The van der Waals surface area contributed by atoms with Gasteiger partial charge in [0.25, 0.3) is 0 Å². The Morgan fingerprint density at radius 3 is 2.64 bits per heavy atom. The average Bonchev–Trinajstić information content (AvgIpc) is 2.57. The van der Waals surface area contributed by atoms with Gasteiger partial charge in [0.1, 0.15) is 18.0 Å². The van der Waals surface area contributed by atoms with Crippen molar-refractivity contribution >= 4 is 11.8 Å². The van der Waals surface area contributed by atoms with Gasteiger partial charge in [-0.2, -0.15) is 0 Å². The first-order valence-electron chi connectivity index (χ1n) is 6.83. The summed E-state index contributed by atoms with van der Waals surface area (Å²) >= 11 is 1.26. The summed E-state index contributed by atoms with van der Waals surface area (Å²) in [5.41, 5.74) is 1.11. The van der Waals surface area contributed by atoms with Gasteiger partial charge in [0.15, 0.2) is 5.44 Å². The molecule has 2 aromatic heterocycles. The van der Waals surface area contributed by atoms with Crippen LogP contribution < -0.4 is 4.74 Å². The maximum absolute atomic E-state index is 9.97. The van der Waals surface area contributed by atoms with Crippen molar-refractivity contribution in [3.05, 3.63) is 43.0 Å². The Hall–Kier alpha value is -1.67. The average molecular weight is 320 g/mol. The maximum Gasteiger partial charge on any atom is 0.173 e. The Kier molecular flexibility index (Phi) is 4.58. The molecule has 1 fully saturated rings. The van der Waals surface area contributed by atoms with E-state index in [9.17, 15) is 15.3 Å². The lowest BCUT2D eigenvalue weighted by atomic mass is 10.1. The van der Waals surface area contributed by atoms with Gasteiger partial charge in [-0.1, -0.05) is 6.07 Å². The van der Waals surface area contributed by atoms with E-state index in [1.54, 1.807) is 30.9 Å². The summed E-state index contributed by atoms with van der Waals surface area (Å²) in [5.74, 6) is 0.792. The number of ether oxygens (including phenoxy) is 1. The van der Waals surface area contributed by atoms with Crippen LogP contribution in [-0.2, 0) is 0 Å². The molecule has 0 bridgehead atoms. The van der Waals surface area contributed by atoms with E-state index in [0.717, 1.165) is 11.1 Å². The van der Waals surface area contributed by atoms with Crippen molar-refractivity contribution in [1.82, 2.24) is 9.97 Å². The molecule has 3 rings (SSSR count). The van der Waals surface area contributed by atoms with E-state index in [4.69, 9.17) is 4.74 Å². The zero-order valence-electron chi connectivity index (χ0n) is 11.6. The normalized spacial score (nSPS) is 28.3. The van der Waals surface area contributed by atoms with Crippen LogP contribution in [0, 0.1) is 0 Å². The topological polar surface area (TPSA) is 95.7 Å². The molecule has 0 amide bonds. The number of aromatic nitrogens is 2. The first-order chi connectivity index (χ1) is 10.6. The molecule has 22 heavy (non-hydrogen) atoms. The Labute approximate surface area is 131 Å². The molecule has 1 saturated heterocycles. The maximum atomic E-state index is 9.97. The molecule has 0 spiro atoms. The predicted octanol–water partition coefficient (Wildman–Crippen LogP) is 0.678. The lowest BCUT2D eigenvalue weighted by molar-refractivity contribution is -0.0786. The van der Waals surface area contributed by atoms with Crippen molar-refractivity contribution in [3.8, 4) is 16.9 Å². The second-order valence-electron chi connectivity index (χ2n) is 5.02. The van der Waals surface area contributed by atoms with E-state index in [2.05, 4.69) is 9.97 Å². The van der Waals surface area contributed by atoms with Gasteiger partial charge in [0, 0.05) is 35.5 Å². The molecule has 4 atom stereocenters. The molecular formula is C15H16N2O4S. The van der Waals surface area contributed by atoms with E-state index in [1.165, 1.54) is 11.8 Å². The summed E-state index contributed by atoms with van der Waals surface area (Å²) in [7, 11) is 0. The van der Waals surface area contributed by atoms with Crippen LogP contribution in [-0.4, -0.2) is 54.8 Å². The predicted molar refractivity (Wildman–Crippen MR) is 82.4 cm³/mol. The van der Waals surface area contributed by atoms with Crippen LogP contribution in [0.5, 0.6) is 5.75 Å². The number of nitrogens with zero attached hydrogens (tertiary/aromatic N) is 2. The van der Waals surface area contributed by atoms with Gasteiger partial charge < -0.3 is 20.1 Å². The molecule has 6 nitrogen and oxygen atoms in total. The third-order valence-corrected chi connectivity index (χ3v) is 4.65. The van der Waals surface area contributed by atoms with Crippen LogP contribution in [0.2, 0.25) is 0 Å². The molecule has 1 aliphatic heterocycles. The molecule has 1 aliphatic rings. The largest absolute Gasteiger partial charge is 0.475 e. The van der Waals surface area contributed by atoms with E-state index >= 15 is 0 Å². The van der Waals surface area contributed by atoms with Gasteiger partial charge in [-0.05, 0) is 12.1 Å². The van der Waals surface area contributed by atoms with Crippen LogP contribution in [0.3, 0.4) is 0 Å². The molecular weight excluding hydrogens is 304 g/mol. The molecule has 3 heterocycles. The number of rotatable bonds is 3. The minimum atomic E-state index is -1.21. The van der Waals surface area contributed by atoms with Crippen molar-refractivity contribution in [2.75, 3.05) is 5.75 Å². The highest BCUT2D eigenvalue weighted by molar-refractivity contribution is 7.99. The molecule has 0 saturated carbocycles. The van der Waals surface area contributed by atoms with E-state index in [0.29, 0.717) is 11.5 Å². The van der Waals surface area contributed by atoms with Gasteiger partial charge in [-0.25, -0.2) is 0 Å². The standard InChI is InChI=1S/C15H16N2O4S/c18-12-8-22-15(14(20)13(12)19)21-11-4-10(6-17-7-11)9-2-1-3-16-5-9/h1-7,12-15,18-20H,8H2/t12-,13+,14-,15-/m1/s1. The summed E-state index contributed by atoms with van der Waals surface area (Å²) in [5, 5.41) is 29.2. The highest BCUT2D eigenvalue weighted by Crippen LogP contribution is 2.30. The molecule has 116 valence electrons. The first kappa shape index (κ1) is 15.2. The zero-order chi connectivity index (χ0) is 15.5. The number of thioether (sulfide) groups is 1. The third kappa shape index (κ3) is 3.22. The smallest absolute Gasteiger partial charge is 0.173 e. The lowest BCUT2D eigenvalue weighted by Crippen LogP contribution is -2.50. The summed E-state index contributed by atoms with van der Waals surface area (Å²) in [6.07, 6.45) is 3.36. The van der Waals surface area contributed by atoms with Gasteiger partial charge >= 0.3 is 0 Å². The van der Waals surface area contributed by atoms with Crippen LogP contribution in [0.25, 0.3) is 11.1 Å². The quantitative estimate of drug-likeness (QED) is 0.765. The molecule has 2 aromatic rings. The van der Waals surface area contributed by atoms with Gasteiger partial charge in [-0.3, -0.25) is 9.97 Å². The Bertz CT molecular complexity index is 628. The first-order valence-corrected chi connectivity index (χ1v) is 7.88. The SMILES string of the molecule is O[C@@H]1[C@@H](O)[C@H](Oc2cncc(-c3cccnc3)c2)SC[C@H]1O. The van der Waals surface area contributed by atoms with Crippen LogP contribution >= 0.6 is 11.8 Å². The number of hydrogen-bond donors (Lipinski definition) is 3. The number of pyridine rings is 2. The van der Waals surface area contributed by atoms with Crippen LogP contribution in [0.15, 0.2) is 43.0 Å². The minimum Gasteiger partial charge on any atom is -0.475 e. The number of hydrogen-bond acceptors (Lipinski definition) is 7. The minimum absolute atomic E-state index is 0.304. The fraction of sp³-hybridized carbons (Fsp3) is 0.333. The molecule has 3 N–H and O–H groups in total. The van der Waals surface area contributed by atoms with Crippen LogP contribution in [0.1, 0.15) is 0 Å². The molecule has 0 unspecified atom stereocenters. The van der Waals surface area contributed by atoms with Crippen molar-refractivity contribution in [2.24, 2.45) is 0 Å². The number of aliphatic hydroxyl groups is 3. The molecule has 0 radical (unpaired) electrons. The summed E-state index contributed by atoms with van der Waals surface area (Å²) < 4.78 is 5.71. The van der Waals surface area contributed by atoms with Crippen molar-refractivity contribution in [3.63, 3.8) is 0 Å². The molecule has 7 heteroatoms.